The van der Waals surface area contributed by atoms with Crippen LogP contribution in [0.15, 0.2) is 24.7 Å². The van der Waals surface area contributed by atoms with Crippen LogP contribution in [0.25, 0.3) is 0 Å². The second kappa shape index (κ2) is 6.00. The minimum Gasteiger partial charge on any atom is -0.370 e. The highest BCUT2D eigenvalue weighted by Gasteiger charge is 2.00. The molecule has 0 saturated heterocycles. The van der Waals surface area contributed by atoms with E-state index in [2.05, 4.69) is 25.3 Å². The topological polar surface area (TPSA) is 69.7 Å². The first-order valence-corrected chi connectivity index (χ1v) is 5.98. The second-order valence-electron chi connectivity index (χ2n) is 4.20. The first-order valence-electron chi connectivity index (χ1n) is 5.98. The molecule has 2 heterocycles. The van der Waals surface area contributed by atoms with Crippen molar-refractivity contribution in [1.82, 2.24) is 19.9 Å². The number of nitrogens with zero attached hydrogens (tertiary/aromatic N) is 4. The van der Waals surface area contributed by atoms with E-state index in [1.807, 2.05) is 31.3 Å². The van der Waals surface area contributed by atoms with Gasteiger partial charge in [-0.25, -0.2) is 9.97 Å². The van der Waals surface area contributed by atoms with Gasteiger partial charge in [-0.2, -0.15) is 4.98 Å². The highest BCUT2D eigenvalue weighted by molar-refractivity contribution is 5.40. The number of nitrogens with one attached hydrogen (secondary N) is 2. The maximum Gasteiger partial charge on any atom is 0.226 e. The van der Waals surface area contributed by atoms with Crippen molar-refractivity contribution in [2.45, 2.75) is 12.8 Å². The van der Waals surface area contributed by atoms with Gasteiger partial charge in [0.25, 0.3) is 0 Å². The smallest absolute Gasteiger partial charge is 0.226 e. The van der Waals surface area contributed by atoms with E-state index in [0.717, 1.165) is 31.0 Å². The number of aromatic nitrogens is 4. The standard InChI is InChI=1S/C12H18N6/c1-18(2)12-16-7-5-11(17-12)13-6-3-4-10-14-8-9-15-10/h5,7-9H,3-4,6H2,1-2H3,(H,14,15)(H,13,16,17). The summed E-state index contributed by atoms with van der Waals surface area (Å²) in [5, 5.41) is 3.28. The Morgan fingerprint density at radius 1 is 1.28 bits per heavy atom. The summed E-state index contributed by atoms with van der Waals surface area (Å²) < 4.78 is 0. The first kappa shape index (κ1) is 12.3. The van der Waals surface area contributed by atoms with E-state index in [0.29, 0.717) is 5.95 Å². The second-order valence-corrected chi connectivity index (χ2v) is 4.20. The average molecular weight is 246 g/mol. The Kier molecular flexibility index (Phi) is 4.11. The van der Waals surface area contributed by atoms with Crippen molar-refractivity contribution in [2.75, 3.05) is 30.9 Å². The van der Waals surface area contributed by atoms with Crippen LogP contribution >= 0.6 is 0 Å². The number of hydrogen-bond acceptors (Lipinski definition) is 5. The lowest BCUT2D eigenvalue weighted by molar-refractivity contribution is 0.813. The minimum absolute atomic E-state index is 0.714. The normalized spacial score (nSPS) is 10.3. The van der Waals surface area contributed by atoms with Gasteiger partial charge in [-0.05, 0) is 12.5 Å². The Morgan fingerprint density at radius 2 is 2.17 bits per heavy atom. The lowest BCUT2D eigenvalue weighted by Gasteiger charge is -2.11. The fraction of sp³-hybridized carbons (Fsp3) is 0.417. The summed E-state index contributed by atoms with van der Waals surface area (Å²) >= 11 is 0. The quantitative estimate of drug-likeness (QED) is 0.752. The molecule has 0 aliphatic rings. The summed E-state index contributed by atoms with van der Waals surface area (Å²) in [6.45, 7) is 0.866. The number of aromatic amines is 1. The molecule has 2 N–H and O–H groups in total. The average Bonchev–Trinajstić information content (AvgIpc) is 2.88. The molecule has 18 heavy (non-hydrogen) atoms. The largest absolute Gasteiger partial charge is 0.370 e. The molecule has 0 bridgehead atoms. The highest BCUT2D eigenvalue weighted by Crippen LogP contribution is 2.07. The van der Waals surface area contributed by atoms with Crippen LogP contribution in [-0.2, 0) is 6.42 Å². The predicted molar refractivity (Wildman–Crippen MR) is 71.8 cm³/mol. The van der Waals surface area contributed by atoms with Gasteiger partial charge in [0, 0.05) is 45.7 Å². The van der Waals surface area contributed by atoms with Crippen molar-refractivity contribution < 1.29 is 0 Å². The lowest BCUT2D eigenvalue weighted by atomic mass is 10.3. The first-order chi connectivity index (χ1) is 8.75. The van der Waals surface area contributed by atoms with Crippen LogP contribution in [0.2, 0.25) is 0 Å². The molecule has 0 aliphatic carbocycles. The van der Waals surface area contributed by atoms with Crippen LogP contribution in [-0.4, -0.2) is 40.6 Å². The van der Waals surface area contributed by atoms with Gasteiger partial charge >= 0.3 is 0 Å². The summed E-state index contributed by atoms with van der Waals surface area (Å²) in [4.78, 5) is 17.7. The van der Waals surface area contributed by atoms with Gasteiger partial charge in [0.15, 0.2) is 0 Å². The third kappa shape index (κ3) is 3.44. The maximum absolute atomic E-state index is 4.39. The summed E-state index contributed by atoms with van der Waals surface area (Å²) in [6.07, 6.45) is 7.32. The van der Waals surface area contributed by atoms with E-state index in [-0.39, 0.29) is 0 Å². The van der Waals surface area contributed by atoms with Crippen LogP contribution in [0.1, 0.15) is 12.2 Å². The van der Waals surface area contributed by atoms with Crippen molar-refractivity contribution in [3.63, 3.8) is 0 Å². The van der Waals surface area contributed by atoms with Crippen LogP contribution in [0.4, 0.5) is 11.8 Å². The number of hydrogen-bond donors (Lipinski definition) is 2. The number of H-pyrrole nitrogens is 1. The van der Waals surface area contributed by atoms with Gasteiger partial charge in [-0.15, -0.1) is 0 Å². The van der Waals surface area contributed by atoms with E-state index in [4.69, 9.17) is 0 Å². The Hall–Kier alpha value is -2.11. The zero-order valence-corrected chi connectivity index (χ0v) is 10.7. The van der Waals surface area contributed by atoms with E-state index in [1.165, 1.54) is 0 Å². The predicted octanol–water partition coefficient (Wildman–Crippen LogP) is 1.31. The third-order valence-corrected chi connectivity index (χ3v) is 2.49. The van der Waals surface area contributed by atoms with Crippen LogP contribution < -0.4 is 10.2 Å². The van der Waals surface area contributed by atoms with Crippen molar-refractivity contribution in [3.05, 3.63) is 30.5 Å². The molecule has 0 spiro atoms. The van der Waals surface area contributed by atoms with Gasteiger partial charge in [0.1, 0.15) is 11.6 Å². The van der Waals surface area contributed by atoms with E-state index >= 15 is 0 Å². The fourth-order valence-corrected chi connectivity index (χ4v) is 1.57. The minimum atomic E-state index is 0.714. The summed E-state index contributed by atoms with van der Waals surface area (Å²) in [6, 6.07) is 1.87. The van der Waals surface area contributed by atoms with E-state index < -0.39 is 0 Å². The molecule has 6 nitrogen and oxygen atoms in total. The molecule has 6 heteroatoms. The van der Waals surface area contributed by atoms with Crippen molar-refractivity contribution in [3.8, 4) is 0 Å². The maximum atomic E-state index is 4.39. The Morgan fingerprint density at radius 3 is 2.89 bits per heavy atom. The van der Waals surface area contributed by atoms with Crippen LogP contribution in [0.5, 0.6) is 0 Å². The van der Waals surface area contributed by atoms with Crippen molar-refractivity contribution in [1.29, 1.82) is 0 Å². The van der Waals surface area contributed by atoms with Crippen molar-refractivity contribution in [2.24, 2.45) is 0 Å². The molecule has 2 aromatic heterocycles. The molecule has 96 valence electrons. The number of rotatable bonds is 6. The summed E-state index contributed by atoms with van der Waals surface area (Å²) in [5.74, 6) is 2.59. The molecular weight excluding hydrogens is 228 g/mol. The molecule has 0 fully saturated rings. The van der Waals surface area contributed by atoms with E-state index in [9.17, 15) is 0 Å². The van der Waals surface area contributed by atoms with Gasteiger partial charge in [-0.1, -0.05) is 0 Å². The molecule has 0 aromatic carbocycles. The molecule has 0 unspecified atom stereocenters. The van der Waals surface area contributed by atoms with Gasteiger partial charge in [-0.3, -0.25) is 0 Å². The number of anilines is 2. The molecule has 2 rings (SSSR count). The van der Waals surface area contributed by atoms with Gasteiger partial charge in [0.05, 0.1) is 0 Å². The highest BCUT2D eigenvalue weighted by atomic mass is 15.2. The third-order valence-electron chi connectivity index (χ3n) is 2.49. The molecule has 0 atom stereocenters. The molecule has 0 aliphatic heterocycles. The molecule has 0 amide bonds. The monoisotopic (exact) mass is 246 g/mol. The van der Waals surface area contributed by atoms with Crippen LogP contribution in [0, 0.1) is 0 Å². The Balaban J connectivity index is 1.78. The van der Waals surface area contributed by atoms with Crippen LogP contribution in [0.3, 0.4) is 0 Å². The molecule has 0 radical (unpaired) electrons. The zero-order chi connectivity index (χ0) is 12.8. The summed E-state index contributed by atoms with van der Waals surface area (Å²) in [7, 11) is 3.85. The van der Waals surface area contributed by atoms with Gasteiger partial charge < -0.3 is 15.2 Å². The number of aryl methyl sites for hydroxylation is 1. The molecule has 2 aromatic rings. The number of imidazole rings is 1. The Bertz CT molecular complexity index is 465. The van der Waals surface area contributed by atoms with Crippen molar-refractivity contribution >= 4 is 11.8 Å². The van der Waals surface area contributed by atoms with Gasteiger partial charge in [0.2, 0.25) is 5.95 Å². The van der Waals surface area contributed by atoms with E-state index in [1.54, 1.807) is 12.4 Å². The zero-order valence-electron chi connectivity index (χ0n) is 10.7. The fourth-order valence-electron chi connectivity index (χ4n) is 1.57. The SMILES string of the molecule is CN(C)c1nccc(NCCCc2ncc[nH]2)n1. The molecular formula is C12H18N6. The Labute approximate surface area is 106 Å². The molecule has 0 saturated carbocycles. The summed E-state index contributed by atoms with van der Waals surface area (Å²) in [5.41, 5.74) is 0. The lowest BCUT2D eigenvalue weighted by Crippen LogP contribution is -2.14.